The summed E-state index contributed by atoms with van der Waals surface area (Å²) in [5.74, 6) is -2.63. The molecule has 0 aliphatic rings. The molecule has 0 unspecified atom stereocenters. The molecule has 1 N–H and O–H groups in total. The highest BCUT2D eigenvalue weighted by molar-refractivity contribution is 9.10. The highest BCUT2D eigenvalue weighted by atomic mass is 79.9. The van der Waals surface area contributed by atoms with Crippen LogP contribution in [0.5, 0.6) is 5.75 Å². The SMILES string of the molecule is Oc1cc(F)c(Br)cc1N=Cc1c(F)cccc1F. The van der Waals surface area contributed by atoms with Gasteiger partial charge in [0.1, 0.15) is 28.9 Å². The number of hydrogen-bond acceptors (Lipinski definition) is 2. The van der Waals surface area contributed by atoms with Gasteiger partial charge in [-0.1, -0.05) is 6.07 Å². The summed E-state index contributed by atoms with van der Waals surface area (Å²) in [5.41, 5.74) is -0.335. The molecule has 0 saturated carbocycles. The van der Waals surface area contributed by atoms with E-state index in [2.05, 4.69) is 20.9 Å². The minimum absolute atomic E-state index is 0.00377. The number of phenolic OH excluding ortho intramolecular Hbond substituents is 1. The second-order valence-electron chi connectivity index (χ2n) is 3.65. The van der Waals surface area contributed by atoms with Crippen LogP contribution in [0.4, 0.5) is 18.9 Å². The number of benzene rings is 2. The molecule has 0 amide bonds. The smallest absolute Gasteiger partial charge is 0.144 e. The second-order valence-corrected chi connectivity index (χ2v) is 4.50. The lowest BCUT2D eigenvalue weighted by Crippen LogP contribution is -1.92. The molecule has 2 aromatic rings. The quantitative estimate of drug-likeness (QED) is 0.817. The van der Waals surface area contributed by atoms with Crippen molar-refractivity contribution in [3.8, 4) is 5.75 Å². The summed E-state index contributed by atoms with van der Waals surface area (Å²) in [6, 6.07) is 5.47. The Balaban J connectivity index is 2.41. The van der Waals surface area contributed by atoms with E-state index in [0.29, 0.717) is 0 Å². The molecule has 2 aromatic carbocycles. The van der Waals surface area contributed by atoms with Crippen LogP contribution in [0, 0.1) is 17.5 Å². The Labute approximate surface area is 115 Å². The fraction of sp³-hybridized carbons (Fsp3) is 0. The van der Waals surface area contributed by atoms with Crippen molar-refractivity contribution < 1.29 is 18.3 Å². The molecule has 0 atom stereocenters. The lowest BCUT2D eigenvalue weighted by atomic mass is 10.2. The lowest BCUT2D eigenvalue weighted by Gasteiger charge is -2.02. The van der Waals surface area contributed by atoms with Crippen molar-refractivity contribution in [1.82, 2.24) is 0 Å². The minimum Gasteiger partial charge on any atom is -0.506 e. The maximum Gasteiger partial charge on any atom is 0.144 e. The molecule has 0 fully saturated rings. The van der Waals surface area contributed by atoms with E-state index >= 15 is 0 Å². The molecule has 19 heavy (non-hydrogen) atoms. The van der Waals surface area contributed by atoms with Gasteiger partial charge in [-0.3, -0.25) is 4.99 Å². The van der Waals surface area contributed by atoms with E-state index in [1.165, 1.54) is 12.1 Å². The predicted octanol–water partition coefficient (Wildman–Crippen LogP) is 4.32. The third kappa shape index (κ3) is 2.96. The van der Waals surface area contributed by atoms with Gasteiger partial charge < -0.3 is 5.11 Å². The van der Waals surface area contributed by atoms with Crippen LogP contribution in [0.1, 0.15) is 5.56 Å². The van der Waals surface area contributed by atoms with E-state index in [9.17, 15) is 18.3 Å². The predicted molar refractivity (Wildman–Crippen MR) is 69.4 cm³/mol. The van der Waals surface area contributed by atoms with Crippen LogP contribution in [0.25, 0.3) is 0 Å². The van der Waals surface area contributed by atoms with E-state index < -0.39 is 23.2 Å². The first-order valence-corrected chi connectivity index (χ1v) is 5.94. The first-order valence-electron chi connectivity index (χ1n) is 5.15. The fourth-order valence-electron chi connectivity index (χ4n) is 1.40. The van der Waals surface area contributed by atoms with Crippen LogP contribution < -0.4 is 0 Å². The third-order valence-corrected chi connectivity index (χ3v) is 2.96. The van der Waals surface area contributed by atoms with Crippen LogP contribution in [-0.2, 0) is 0 Å². The molecule has 0 spiro atoms. The van der Waals surface area contributed by atoms with Gasteiger partial charge in [0.2, 0.25) is 0 Å². The van der Waals surface area contributed by atoms with Gasteiger partial charge in [0, 0.05) is 12.3 Å². The molecule has 2 rings (SSSR count). The highest BCUT2D eigenvalue weighted by Crippen LogP contribution is 2.32. The van der Waals surface area contributed by atoms with Crippen LogP contribution in [0.2, 0.25) is 0 Å². The summed E-state index contributed by atoms with van der Waals surface area (Å²) in [6.07, 6.45) is 0.935. The van der Waals surface area contributed by atoms with Crippen molar-refractivity contribution in [3.63, 3.8) is 0 Å². The van der Waals surface area contributed by atoms with Gasteiger partial charge in [0.05, 0.1) is 10.0 Å². The summed E-state index contributed by atoms with van der Waals surface area (Å²) >= 11 is 2.93. The molecule has 2 nitrogen and oxygen atoms in total. The summed E-state index contributed by atoms with van der Waals surface area (Å²) in [4.78, 5) is 3.75. The van der Waals surface area contributed by atoms with Crippen molar-refractivity contribution in [2.24, 2.45) is 4.99 Å². The molecule has 98 valence electrons. The maximum absolute atomic E-state index is 13.3. The number of hydrogen-bond donors (Lipinski definition) is 1. The molecule has 0 bridgehead atoms. The zero-order valence-electron chi connectivity index (χ0n) is 9.37. The summed E-state index contributed by atoms with van der Waals surface area (Å²) < 4.78 is 39.8. The Morgan fingerprint density at radius 1 is 1.05 bits per heavy atom. The molecule has 0 aliphatic heterocycles. The van der Waals surface area contributed by atoms with E-state index in [1.54, 1.807) is 0 Å². The molecule has 0 heterocycles. The summed E-state index contributed by atoms with van der Waals surface area (Å²) in [5, 5.41) is 9.47. The van der Waals surface area contributed by atoms with Gasteiger partial charge in [0.25, 0.3) is 0 Å². The average Bonchev–Trinajstić information content (AvgIpc) is 2.34. The monoisotopic (exact) mass is 329 g/mol. The van der Waals surface area contributed by atoms with E-state index in [0.717, 1.165) is 24.4 Å². The molecule has 0 saturated heterocycles. The number of halogens is 4. The minimum atomic E-state index is -0.774. The molecule has 6 heteroatoms. The molecule has 0 aliphatic carbocycles. The van der Waals surface area contributed by atoms with Crippen LogP contribution in [-0.4, -0.2) is 11.3 Å². The van der Waals surface area contributed by atoms with Crippen LogP contribution in [0.3, 0.4) is 0 Å². The largest absolute Gasteiger partial charge is 0.506 e. The van der Waals surface area contributed by atoms with E-state index in [1.807, 2.05) is 0 Å². The Bertz CT molecular complexity index is 638. The molecular weight excluding hydrogens is 323 g/mol. The Morgan fingerprint density at radius 2 is 1.68 bits per heavy atom. The number of aromatic hydroxyl groups is 1. The van der Waals surface area contributed by atoms with Crippen molar-refractivity contribution >= 4 is 27.8 Å². The van der Waals surface area contributed by atoms with Gasteiger partial charge in [-0.05, 0) is 34.1 Å². The molecule has 0 radical (unpaired) electrons. The number of rotatable bonds is 2. The number of aliphatic imine (C=N–C) groups is 1. The van der Waals surface area contributed by atoms with Gasteiger partial charge in [0.15, 0.2) is 0 Å². The Hall–Kier alpha value is -1.82. The van der Waals surface area contributed by atoms with Crippen molar-refractivity contribution in [1.29, 1.82) is 0 Å². The van der Waals surface area contributed by atoms with Gasteiger partial charge in [-0.2, -0.15) is 0 Å². The van der Waals surface area contributed by atoms with Crippen molar-refractivity contribution in [2.45, 2.75) is 0 Å². The normalized spacial score (nSPS) is 11.2. The zero-order chi connectivity index (χ0) is 14.0. The van der Waals surface area contributed by atoms with E-state index in [4.69, 9.17) is 0 Å². The second kappa shape index (κ2) is 5.44. The Kier molecular flexibility index (Phi) is 3.90. The summed E-state index contributed by atoms with van der Waals surface area (Å²) in [6.45, 7) is 0. The maximum atomic E-state index is 13.3. The topological polar surface area (TPSA) is 32.6 Å². The lowest BCUT2D eigenvalue weighted by molar-refractivity contribution is 0.470. The van der Waals surface area contributed by atoms with Gasteiger partial charge >= 0.3 is 0 Å². The van der Waals surface area contributed by atoms with Crippen LogP contribution >= 0.6 is 15.9 Å². The molecule has 0 aromatic heterocycles. The van der Waals surface area contributed by atoms with Crippen molar-refractivity contribution in [3.05, 3.63) is 57.8 Å². The average molecular weight is 330 g/mol. The van der Waals surface area contributed by atoms with Crippen LogP contribution in [0.15, 0.2) is 39.8 Å². The third-order valence-electron chi connectivity index (χ3n) is 2.35. The Morgan fingerprint density at radius 3 is 2.32 bits per heavy atom. The molecular formula is C13H7BrF3NO. The standard InChI is InChI=1S/C13H7BrF3NO/c14-8-4-12(13(19)5-11(8)17)18-6-7-9(15)2-1-3-10(7)16/h1-6,19H. The number of phenols is 1. The summed E-state index contributed by atoms with van der Waals surface area (Å²) in [7, 11) is 0. The first kappa shape index (κ1) is 13.6. The zero-order valence-corrected chi connectivity index (χ0v) is 11.0. The fourth-order valence-corrected chi connectivity index (χ4v) is 1.73. The first-order chi connectivity index (χ1) is 8.99. The highest BCUT2D eigenvalue weighted by Gasteiger charge is 2.08. The van der Waals surface area contributed by atoms with Crippen molar-refractivity contribution in [2.75, 3.05) is 0 Å². The van der Waals surface area contributed by atoms with Gasteiger partial charge in [-0.15, -0.1) is 0 Å². The van der Waals surface area contributed by atoms with Gasteiger partial charge in [-0.25, -0.2) is 13.2 Å². The van der Waals surface area contributed by atoms with E-state index in [-0.39, 0.29) is 15.7 Å². The number of nitrogens with zero attached hydrogens (tertiary/aromatic N) is 1.